The molecule has 1 nitrogen and oxygen atoms in total. The van der Waals surface area contributed by atoms with Crippen LogP contribution in [0.5, 0.6) is 0 Å². The number of hydrogen-bond acceptors (Lipinski definition) is 2. The second-order valence-corrected chi connectivity index (χ2v) is 2.99. The minimum atomic E-state index is -0.461. The minimum absolute atomic E-state index is 0.461. The Hall–Kier alpha value is -1.01. The summed E-state index contributed by atoms with van der Waals surface area (Å²) >= 11 is 4.03. The van der Waals surface area contributed by atoms with Gasteiger partial charge >= 0.3 is 0 Å². The first-order valence-corrected chi connectivity index (χ1v) is 4.60. The molecule has 0 atom stereocenters. The van der Waals surface area contributed by atoms with Crippen LogP contribution in [-0.2, 0) is 0 Å². The first-order chi connectivity index (χ1) is 6.24. The van der Waals surface area contributed by atoms with E-state index in [9.17, 15) is 4.39 Å². The Morgan fingerprint density at radius 3 is 2.92 bits per heavy atom. The maximum atomic E-state index is 12.6. The topological polar surface area (TPSA) is 12.9 Å². The standard InChI is InChI=1S/C10H10FNS/c1-8-9(4-2-3-7-13)5-6-10(11)12-8/h5-6,13H,3,7H2,1H3. The summed E-state index contributed by atoms with van der Waals surface area (Å²) in [5, 5.41) is 0. The summed E-state index contributed by atoms with van der Waals surface area (Å²) < 4.78 is 12.6. The summed E-state index contributed by atoms with van der Waals surface area (Å²) in [4.78, 5) is 3.66. The molecule has 0 fully saturated rings. The van der Waals surface area contributed by atoms with E-state index < -0.39 is 5.95 Å². The van der Waals surface area contributed by atoms with E-state index in [1.807, 2.05) is 0 Å². The predicted molar refractivity (Wildman–Crippen MR) is 54.3 cm³/mol. The van der Waals surface area contributed by atoms with Crippen LogP contribution in [0.25, 0.3) is 0 Å². The number of thiol groups is 1. The van der Waals surface area contributed by atoms with Gasteiger partial charge in [-0.15, -0.1) is 0 Å². The smallest absolute Gasteiger partial charge is 0.213 e. The van der Waals surface area contributed by atoms with Gasteiger partial charge in [-0.2, -0.15) is 17.0 Å². The highest BCUT2D eigenvalue weighted by Crippen LogP contribution is 2.03. The van der Waals surface area contributed by atoms with Gasteiger partial charge in [-0.3, -0.25) is 0 Å². The van der Waals surface area contributed by atoms with Gasteiger partial charge in [0.2, 0.25) is 5.95 Å². The molecule has 1 heterocycles. The van der Waals surface area contributed by atoms with Crippen molar-refractivity contribution in [2.24, 2.45) is 0 Å². The molecule has 0 N–H and O–H groups in total. The Morgan fingerprint density at radius 1 is 1.54 bits per heavy atom. The Morgan fingerprint density at radius 2 is 2.31 bits per heavy atom. The third kappa shape index (κ3) is 3.08. The molecule has 0 bridgehead atoms. The van der Waals surface area contributed by atoms with Crippen molar-refractivity contribution in [1.82, 2.24) is 4.98 Å². The molecule has 0 unspecified atom stereocenters. The largest absolute Gasteiger partial charge is 0.224 e. The Bertz CT molecular complexity index is 352. The lowest BCUT2D eigenvalue weighted by molar-refractivity contribution is 0.579. The number of aryl methyl sites for hydroxylation is 1. The molecular formula is C10H10FNS. The minimum Gasteiger partial charge on any atom is -0.224 e. The summed E-state index contributed by atoms with van der Waals surface area (Å²) in [5.41, 5.74) is 1.41. The van der Waals surface area contributed by atoms with Crippen molar-refractivity contribution >= 4 is 12.6 Å². The molecule has 0 spiro atoms. The van der Waals surface area contributed by atoms with E-state index >= 15 is 0 Å². The van der Waals surface area contributed by atoms with Gasteiger partial charge in [-0.1, -0.05) is 11.8 Å². The van der Waals surface area contributed by atoms with E-state index in [0.29, 0.717) is 5.69 Å². The highest BCUT2D eigenvalue weighted by atomic mass is 32.1. The van der Waals surface area contributed by atoms with Crippen LogP contribution < -0.4 is 0 Å². The predicted octanol–water partition coefficient (Wildman–Crippen LogP) is 2.20. The fraction of sp³-hybridized carbons (Fsp3) is 0.300. The monoisotopic (exact) mass is 195 g/mol. The zero-order valence-corrected chi connectivity index (χ0v) is 8.24. The van der Waals surface area contributed by atoms with Crippen LogP contribution in [0.2, 0.25) is 0 Å². The van der Waals surface area contributed by atoms with Crippen molar-refractivity contribution in [1.29, 1.82) is 0 Å². The molecule has 0 aliphatic carbocycles. The summed E-state index contributed by atoms with van der Waals surface area (Å²) in [6.45, 7) is 1.74. The van der Waals surface area contributed by atoms with Crippen LogP contribution >= 0.6 is 12.6 Å². The van der Waals surface area contributed by atoms with Gasteiger partial charge in [0, 0.05) is 17.7 Å². The number of rotatable bonds is 1. The highest BCUT2D eigenvalue weighted by Gasteiger charge is 1.96. The van der Waals surface area contributed by atoms with Crippen molar-refractivity contribution in [3.8, 4) is 11.8 Å². The lowest BCUT2D eigenvalue weighted by atomic mass is 10.2. The lowest BCUT2D eigenvalue weighted by Gasteiger charge is -1.95. The maximum Gasteiger partial charge on any atom is 0.213 e. The average molecular weight is 195 g/mol. The molecule has 13 heavy (non-hydrogen) atoms. The molecule has 0 saturated carbocycles. The normalized spacial score (nSPS) is 9.15. The number of nitrogens with zero attached hydrogens (tertiary/aromatic N) is 1. The second-order valence-electron chi connectivity index (χ2n) is 2.54. The SMILES string of the molecule is Cc1nc(F)ccc1C#CCCS. The first kappa shape index (κ1) is 10.1. The molecule has 0 aromatic carbocycles. The van der Waals surface area contributed by atoms with E-state index in [2.05, 4.69) is 29.5 Å². The maximum absolute atomic E-state index is 12.6. The molecule has 3 heteroatoms. The van der Waals surface area contributed by atoms with Crippen LogP contribution in [0.3, 0.4) is 0 Å². The molecule has 1 aromatic rings. The van der Waals surface area contributed by atoms with Crippen LogP contribution in [0, 0.1) is 24.7 Å². The van der Waals surface area contributed by atoms with Crippen molar-refractivity contribution in [3.63, 3.8) is 0 Å². The van der Waals surface area contributed by atoms with Crippen LogP contribution in [0.1, 0.15) is 17.7 Å². The number of halogens is 1. The van der Waals surface area contributed by atoms with Crippen molar-refractivity contribution in [3.05, 3.63) is 29.3 Å². The van der Waals surface area contributed by atoms with Crippen molar-refractivity contribution < 1.29 is 4.39 Å². The van der Waals surface area contributed by atoms with Gasteiger partial charge in [-0.25, -0.2) is 4.98 Å². The van der Waals surface area contributed by atoms with Gasteiger partial charge in [0.15, 0.2) is 0 Å². The number of aromatic nitrogens is 1. The Balaban J connectivity index is 2.85. The first-order valence-electron chi connectivity index (χ1n) is 3.97. The van der Waals surface area contributed by atoms with E-state index in [4.69, 9.17) is 0 Å². The van der Waals surface area contributed by atoms with Gasteiger partial charge in [0.25, 0.3) is 0 Å². The summed E-state index contributed by atoms with van der Waals surface area (Å²) in [5.74, 6) is 6.11. The van der Waals surface area contributed by atoms with Crippen molar-refractivity contribution in [2.45, 2.75) is 13.3 Å². The fourth-order valence-electron chi connectivity index (χ4n) is 0.876. The summed E-state index contributed by atoms with van der Waals surface area (Å²) in [6, 6.07) is 2.96. The van der Waals surface area contributed by atoms with Crippen LogP contribution in [-0.4, -0.2) is 10.7 Å². The quantitative estimate of drug-likeness (QED) is 0.412. The summed E-state index contributed by atoms with van der Waals surface area (Å²) in [6.07, 6.45) is 0.736. The zero-order valence-electron chi connectivity index (χ0n) is 7.34. The Labute approximate surface area is 82.8 Å². The molecule has 0 aliphatic heterocycles. The van der Waals surface area contributed by atoms with E-state index in [-0.39, 0.29) is 0 Å². The van der Waals surface area contributed by atoms with Gasteiger partial charge in [0.05, 0.1) is 5.69 Å². The van der Waals surface area contributed by atoms with E-state index in [1.54, 1.807) is 13.0 Å². The average Bonchev–Trinajstić information content (AvgIpc) is 2.09. The summed E-state index contributed by atoms with van der Waals surface area (Å²) in [7, 11) is 0. The van der Waals surface area contributed by atoms with Crippen LogP contribution in [0.15, 0.2) is 12.1 Å². The lowest BCUT2D eigenvalue weighted by Crippen LogP contribution is -1.90. The molecular weight excluding hydrogens is 185 g/mol. The van der Waals surface area contributed by atoms with E-state index in [0.717, 1.165) is 17.7 Å². The van der Waals surface area contributed by atoms with E-state index in [1.165, 1.54) is 6.07 Å². The molecule has 1 rings (SSSR count). The third-order valence-corrected chi connectivity index (χ3v) is 1.74. The molecule has 0 radical (unpaired) electrons. The number of hydrogen-bond donors (Lipinski definition) is 1. The number of pyridine rings is 1. The molecule has 1 aromatic heterocycles. The molecule has 68 valence electrons. The second kappa shape index (κ2) is 4.88. The fourth-order valence-corrected chi connectivity index (χ4v) is 0.988. The van der Waals surface area contributed by atoms with Gasteiger partial charge in [0.1, 0.15) is 0 Å². The van der Waals surface area contributed by atoms with Crippen molar-refractivity contribution in [2.75, 3.05) is 5.75 Å². The van der Waals surface area contributed by atoms with Gasteiger partial charge < -0.3 is 0 Å². The van der Waals surface area contributed by atoms with Crippen LogP contribution in [0.4, 0.5) is 4.39 Å². The molecule has 0 saturated heterocycles. The molecule has 0 aliphatic rings. The Kier molecular flexibility index (Phi) is 3.78. The van der Waals surface area contributed by atoms with Gasteiger partial charge in [-0.05, 0) is 19.1 Å². The third-order valence-electron chi connectivity index (χ3n) is 1.51. The molecule has 0 amide bonds. The highest BCUT2D eigenvalue weighted by molar-refractivity contribution is 7.80. The zero-order chi connectivity index (χ0) is 9.68.